The number of methoxy groups -OCH3 is 1. The summed E-state index contributed by atoms with van der Waals surface area (Å²) in [6, 6.07) is 3.43. The summed E-state index contributed by atoms with van der Waals surface area (Å²) in [5.74, 6) is 0.286. The highest BCUT2D eigenvalue weighted by Gasteiger charge is 2.11. The lowest BCUT2D eigenvalue weighted by Crippen LogP contribution is -2.24. The van der Waals surface area contributed by atoms with Crippen molar-refractivity contribution in [1.29, 1.82) is 0 Å². The zero-order valence-corrected chi connectivity index (χ0v) is 7.70. The standard InChI is InChI=1S/C9H12N2O2/c1-3-10-9(12)8-7(13-2)5-4-6-11-8/h4-6H,3H2,1-2H3,(H,10,12). The zero-order chi connectivity index (χ0) is 9.68. The fourth-order valence-corrected chi connectivity index (χ4v) is 0.970. The number of nitrogens with one attached hydrogen (secondary N) is 1. The van der Waals surface area contributed by atoms with Gasteiger partial charge in [-0.1, -0.05) is 0 Å². The van der Waals surface area contributed by atoms with E-state index in [4.69, 9.17) is 4.74 Å². The molecule has 0 bridgehead atoms. The average Bonchev–Trinajstić information content (AvgIpc) is 2.18. The second-order valence-electron chi connectivity index (χ2n) is 2.41. The summed E-state index contributed by atoms with van der Waals surface area (Å²) < 4.78 is 4.99. The highest BCUT2D eigenvalue weighted by atomic mass is 16.5. The Kier molecular flexibility index (Phi) is 3.25. The molecule has 4 nitrogen and oxygen atoms in total. The van der Waals surface area contributed by atoms with E-state index in [1.165, 1.54) is 7.11 Å². The third-order valence-corrected chi connectivity index (χ3v) is 1.54. The van der Waals surface area contributed by atoms with Gasteiger partial charge in [0.1, 0.15) is 5.75 Å². The van der Waals surface area contributed by atoms with Crippen LogP contribution in [-0.2, 0) is 0 Å². The van der Waals surface area contributed by atoms with Gasteiger partial charge in [-0.25, -0.2) is 4.98 Å². The molecule has 1 rings (SSSR count). The number of hydrogen-bond donors (Lipinski definition) is 1. The van der Waals surface area contributed by atoms with Crippen LogP contribution < -0.4 is 10.1 Å². The first-order valence-electron chi connectivity index (χ1n) is 4.06. The summed E-state index contributed by atoms with van der Waals surface area (Å²) in [5, 5.41) is 2.66. The van der Waals surface area contributed by atoms with Gasteiger partial charge in [0.15, 0.2) is 5.69 Å². The summed E-state index contributed by atoms with van der Waals surface area (Å²) in [7, 11) is 1.51. The summed E-state index contributed by atoms with van der Waals surface area (Å²) >= 11 is 0. The Morgan fingerprint density at radius 1 is 1.69 bits per heavy atom. The molecule has 13 heavy (non-hydrogen) atoms. The first-order chi connectivity index (χ1) is 6.29. The fraction of sp³-hybridized carbons (Fsp3) is 0.333. The quantitative estimate of drug-likeness (QED) is 0.749. The Morgan fingerprint density at radius 2 is 2.46 bits per heavy atom. The summed E-state index contributed by atoms with van der Waals surface area (Å²) in [5.41, 5.74) is 0.326. The van der Waals surface area contributed by atoms with Crippen LogP contribution in [0.3, 0.4) is 0 Å². The van der Waals surface area contributed by atoms with E-state index in [2.05, 4.69) is 10.3 Å². The van der Waals surface area contributed by atoms with Crippen LogP contribution in [0.5, 0.6) is 5.75 Å². The number of amides is 1. The molecule has 4 heteroatoms. The van der Waals surface area contributed by atoms with E-state index >= 15 is 0 Å². The van der Waals surface area contributed by atoms with Crippen molar-refractivity contribution in [3.63, 3.8) is 0 Å². The predicted octanol–water partition coefficient (Wildman–Crippen LogP) is 0.840. The second-order valence-corrected chi connectivity index (χ2v) is 2.41. The van der Waals surface area contributed by atoms with Gasteiger partial charge in [0.2, 0.25) is 0 Å². The molecule has 1 N–H and O–H groups in total. The van der Waals surface area contributed by atoms with Gasteiger partial charge in [0.05, 0.1) is 7.11 Å². The molecular weight excluding hydrogens is 168 g/mol. The molecule has 1 heterocycles. The molecule has 1 aromatic heterocycles. The minimum Gasteiger partial charge on any atom is -0.494 e. The number of aromatic nitrogens is 1. The van der Waals surface area contributed by atoms with Crippen molar-refractivity contribution in [2.24, 2.45) is 0 Å². The van der Waals surface area contributed by atoms with Crippen molar-refractivity contribution < 1.29 is 9.53 Å². The van der Waals surface area contributed by atoms with Crippen molar-refractivity contribution in [2.45, 2.75) is 6.92 Å². The van der Waals surface area contributed by atoms with Crippen LogP contribution >= 0.6 is 0 Å². The molecule has 1 amide bonds. The predicted molar refractivity (Wildman–Crippen MR) is 48.8 cm³/mol. The summed E-state index contributed by atoms with van der Waals surface area (Å²) in [6.07, 6.45) is 1.56. The Morgan fingerprint density at radius 3 is 3.08 bits per heavy atom. The molecule has 0 aliphatic heterocycles. The van der Waals surface area contributed by atoms with Gasteiger partial charge in [-0.05, 0) is 19.1 Å². The number of hydrogen-bond acceptors (Lipinski definition) is 3. The smallest absolute Gasteiger partial charge is 0.273 e. The van der Waals surface area contributed by atoms with Crippen LogP contribution in [0, 0.1) is 0 Å². The molecule has 0 saturated heterocycles. The Labute approximate surface area is 76.9 Å². The minimum absolute atomic E-state index is 0.208. The third kappa shape index (κ3) is 2.18. The summed E-state index contributed by atoms with van der Waals surface area (Å²) in [6.45, 7) is 2.44. The molecule has 0 aliphatic carbocycles. The molecule has 0 unspecified atom stereocenters. The number of nitrogens with zero attached hydrogens (tertiary/aromatic N) is 1. The minimum atomic E-state index is -0.208. The average molecular weight is 180 g/mol. The van der Waals surface area contributed by atoms with Crippen LogP contribution in [0.1, 0.15) is 17.4 Å². The third-order valence-electron chi connectivity index (χ3n) is 1.54. The lowest BCUT2D eigenvalue weighted by molar-refractivity contribution is 0.0947. The van der Waals surface area contributed by atoms with E-state index in [1.54, 1.807) is 18.3 Å². The van der Waals surface area contributed by atoms with Crippen molar-refractivity contribution in [1.82, 2.24) is 10.3 Å². The number of carbonyl (C=O) groups is 1. The Balaban J connectivity index is 2.92. The highest BCUT2D eigenvalue weighted by molar-refractivity contribution is 5.94. The number of ether oxygens (including phenoxy) is 1. The molecule has 0 fully saturated rings. The van der Waals surface area contributed by atoms with Crippen LogP contribution in [0.15, 0.2) is 18.3 Å². The largest absolute Gasteiger partial charge is 0.494 e. The zero-order valence-electron chi connectivity index (χ0n) is 7.70. The lowest BCUT2D eigenvalue weighted by Gasteiger charge is -2.05. The van der Waals surface area contributed by atoms with E-state index in [9.17, 15) is 4.79 Å². The number of pyridine rings is 1. The SMILES string of the molecule is CCNC(=O)c1ncccc1OC. The van der Waals surface area contributed by atoms with E-state index in [0.717, 1.165) is 0 Å². The molecule has 0 saturated carbocycles. The Hall–Kier alpha value is -1.58. The van der Waals surface area contributed by atoms with Crippen LogP contribution in [0.4, 0.5) is 0 Å². The van der Waals surface area contributed by atoms with Crippen LogP contribution in [0.25, 0.3) is 0 Å². The molecule has 0 atom stereocenters. The van der Waals surface area contributed by atoms with Gasteiger partial charge in [-0.3, -0.25) is 4.79 Å². The van der Waals surface area contributed by atoms with Gasteiger partial charge >= 0.3 is 0 Å². The van der Waals surface area contributed by atoms with E-state index in [1.807, 2.05) is 6.92 Å². The van der Waals surface area contributed by atoms with Gasteiger partial charge in [-0.2, -0.15) is 0 Å². The first kappa shape index (κ1) is 9.51. The van der Waals surface area contributed by atoms with E-state index in [-0.39, 0.29) is 5.91 Å². The molecule has 0 aromatic carbocycles. The maximum absolute atomic E-state index is 11.4. The highest BCUT2D eigenvalue weighted by Crippen LogP contribution is 2.13. The normalized spacial score (nSPS) is 9.38. The Bertz CT molecular complexity index is 299. The molecular formula is C9H12N2O2. The molecule has 0 radical (unpaired) electrons. The van der Waals surface area contributed by atoms with Crippen molar-refractivity contribution in [3.05, 3.63) is 24.0 Å². The van der Waals surface area contributed by atoms with Gasteiger partial charge in [0, 0.05) is 12.7 Å². The number of rotatable bonds is 3. The topological polar surface area (TPSA) is 51.2 Å². The monoisotopic (exact) mass is 180 g/mol. The van der Waals surface area contributed by atoms with Crippen LogP contribution in [0.2, 0.25) is 0 Å². The maximum Gasteiger partial charge on any atom is 0.273 e. The molecule has 70 valence electrons. The molecule has 0 spiro atoms. The van der Waals surface area contributed by atoms with E-state index < -0.39 is 0 Å². The van der Waals surface area contributed by atoms with Gasteiger partial charge < -0.3 is 10.1 Å². The molecule has 1 aromatic rings. The van der Waals surface area contributed by atoms with Crippen molar-refractivity contribution in [2.75, 3.05) is 13.7 Å². The molecule has 0 aliphatic rings. The number of carbonyl (C=O) groups excluding carboxylic acids is 1. The van der Waals surface area contributed by atoms with Gasteiger partial charge in [-0.15, -0.1) is 0 Å². The summed E-state index contributed by atoms with van der Waals surface area (Å²) in [4.78, 5) is 15.3. The van der Waals surface area contributed by atoms with Gasteiger partial charge in [0.25, 0.3) is 5.91 Å². The van der Waals surface area contributed by atoms with Crippen molar-refractivity contribution >= 4 is 5.91 Å². The lowest BCUT2D eigenvalue weighted by atomic mass is 10.3. The van der Waals surface area contributed by atoms with Crippen LogP contribution in [-0.4, -0.2) is 24.5 Å². The van der Waals surface area contributed by atoms with E-state index in [0.29, 0.717) is 18.0 Å². The second kappa shape index (κ2) is 4.45. The fourth-order valence-electron chi connectivity index (χ4n) is 0.970. The van der Waals surface area contributed by atoms with Crippen molar-refractivity contribution in [3.8, 4) is 5.75 Å². The first-order valence-corrected chi connectivity index (χ1v) is 4.06. The maximum atomic E-state index is 11.4.